The number of nitrogens with zero attached hydrogens (tertiary/aromatic N) is 5. The van der Waals surface area contributed by atoms with E-state index >= 15 is 0 Å². The summed E-state index contributed by atoms with van der Waals surface area (Å²) in [5.41, 5.74) is 4.47. The fourth-order valence-corrected chi connectivity index (χ4v) is 6.23. The van der Waals surface area contributed by atoms with Crippen LogP contribution in [0.15, 0.2) is 85.1 Å². The van der Waals surface area contributed by atoms with E-state index in [-0.39, 0.29) is 18.5 Å². The number of rotatable bonds is 15. The van der Waals surface area contributed by atoms with Gasteiger partial charge >= 0.3 is 6.03 Å². The molecule has 1 aliphatic rings. The molecule has 3 amide bonds. The van der Waals surface area contributed by atoms with Gasteiger partial charge in [-0.05, 0) is 61.7 Å². The van der Waals surface area contributed by atoms with Crippen LogP contribution in [0.4, 0.5) is 22.1 Å². The molecule has 52 heavy (non-hydrogen) atoms. The molecule has 0 bridgehead atoms. The summed E-state index contributed by atoms with van der Waals surface area (Å²) >= 11 is 0. The summed E-state index contributed by atoms with van der Waals surface area (Å²) in [6, 6.07) is 24.8. The first kappa shape index (κ1) is 36.5. The molecule has 3 N–H and O–H groups in total. The number of anilines is 3. The highest BCUT2D eigenvalue weighted by Crippen LogP contribution is 2.32. The Morgan fingerprint density at radius 3 is 2.40 bits per heavy atom. The number of aromatic nitrogens is 3. The molecular weight excluding hydrogens is 656 g/mol. The van der Waals surface area contributed by atoms with E-state index in [0.717, 1.165) is 85.3 Å². The third kappa shape index (κ3) is 9.72. The van der Waals surface area contributed by atoms with E-state index in [0.29, 0.717) is 36.2 Å². The van der Waals surface area contributed by atoms with Crippen molar-refractivity contribution in [1.82, 2.24) is 24.6 Å². The van der Waals surface area contributed by atoms with Crippen molar-refractivity contribution in [3.63, 3.8) is 0 Å². The van der Waals surface area contributed by atoms with E-state index in [1.54, 1.807) is 18.0 Å². The average molecular weight is 705 g/mol. The van der Waals surface area contributed by atoms with E-state index in [9.17, 15) is 9.59 Å². The molecule has 0 saturated carbocycles. The number of methoxy groups -OCH3 is 1. The molecule has 272 valence electrons. The Labute approximate surface area is 305 Å². The fraction of sp³-hybridized carbons (Fsp3) is 0.350. The predicted molar refractivity (Wildman–Crippen MR) is 205 cm³/mol. The highest BCUT2D eigenvalue weighted by atomic mass is 16.5. The van der Waals surface area contributed by atoms with Crippen LogP contribution in [-0.4, -0.2) is 89.5 Å². The van der Waals surface area contributed by atoms with E-state index in [4.69, 9.17) is 14.6 Å². The van der Waals surface area contributed by atoms with Crippen LogP contribution in [-0.2, 0) is 22.6 Å². The number of amides is 3. The topological polar surface area (TPSA) is 126 Å². The van der Waals surface area contributed by atoms with Crippen molar-refractivity contribution in [2.75, 3.05) is 68.9 Å². The number of piperazine rings is 1. The molecule has 2 aromatic heterocycles. The zero-order valence-corrected chi connectivity index (χ0v) is 30.2. The molecule has 0 spiro atoms. The number of unbranched alkanes of at least 4 members (excludes halogenated alkanes) is 1. The number of ether oxygens (including phenoxy) is 2. The number of fused-ring (bicyclic) bond motifs is 1. The second-order valence-corrected chi connectivity index (χ2v) is 13.1. The summed E-state index contributed by atoms with van der Waals surface area (Å²) in [4.78, 5) is 35.1. The molecule has 12 heteroatoms. The first-order valence-corrected chi connectivity index (χ1v) is 18.0. The Balaban J connectivity index is 1.08. The summed E-state index contributed by atoms with van der Waals surface area (Å²) in [6.45, 7) is 9.92. The normalized spacial score (nSPS) is 13.6. The third-order valence-corrected chi connectivity index (χ3v) is 9.13. The monoisotopic (exact) mass is 704 g/mol. The SMILES string of the molecule is CCCCc1cc(NC(=O)Nc2ccc(OCc3ccnc(NC(=O)CN4CCN(CCOC)CC4)c3)c3ccccc23)n(-c2ccc(C)cc2)n1. The summed E-state index contributed by atoms with van der Waals surface area (Å²) < 4.78 is 13.2. The number of carbonyl (C=O) groups excluding carboxylic acids is 2. The van der Waals surface area contributed by atoms with Crippen molar-refractivity contribution in [2.45, 2.75) is 39.7 Å². The van der Waals surface area contributed by atoms with E-state index in [1.165, 1.54) is 0 Å². The second kappa shape index (κ2) is 17.8. The molecule has 6 rings (SSSR count). The van der Waals surface area contributed by atoms with Crippen LogP contribution < -0.4 is 20.7 Å². The summed E-state index contributed by atoms with van der Waals surface area (Å²) in [7, 11) is 1.71. The highest BCUT2D eigenvalue weighted by Gasteiger charge is 2.19. The molecule has 1 aliphatic heterocycles. The molecule has 1 saturated heterocycles. The van der Waals surface area contributed by atoms with Gasteiger partial charge in [-0.3, -0.25) is 19.9 Å². The zero-order valence-electron chi connectivity index (χ0n) is 30.2. The minimum atomic E-state index is -0.371. The number of urea groups is 1. The molecule has 1 fully saturated rings. The molecule has 0 atom stereocenters. The fourth-order valence-electron chi connectivity index (χ4n) is 6.23. The number of hydrogen-bond donors (Lipinski definition) is 3. The minimum absolute atomic E-state index is 0.0921. The van der Waals surface area contributed by atoms with Crippen molar-refractivity contribution >= 4 is 40.0 Å². The molecule has 0 aliphatic carbocycles. The van der Waals surface area contributed by atoms with Gasteiger partial charge in [0.05, 0.1) is 30.2 Å². The Morgan fingerprint density at radius 2 is 1.63 bits per heavy atom. The maximum absolute atomic E-state index is 13.4. The zero-order chi connectivity index (χ0) is 36.3. The summed E-state index contributed by atoms with van der Waals surface area (Å²) in [6.07, 6.45) is 4.58. The van der Waals surface area contributed by atoms with Crippen LogP contribution >= 0.6 is 0 Å². The quantitative estimate of drug-likeness (QED) is 0.113. The number of pyridine rings is 1. The van der Waals surface area contributed by atoms with Gasteiger partial charge in [0.1, 0.15) is 24.0 Å². The number of benzene rings is 3. The predicted octanol–water partition coefficient (Wildman–Crippen LogP) is 6.50. The molecule has 0 unspecified atom stereocenters. The first-order chi connectivity index (χ1) is 25.4. The van der Waals surface area contributed by atoms with Crippen LogP contribution in [0.2, 0.25) is 0 Å². The number of nitrogens with one attached hydrogen (secondary N) is 3. The minimum Gasteiger partial charge on any atom is -0.488 e. The number of carbonyl (C=O) groups is 2. The van der Waals surface area contributed by atoms with E-state index in [2.05, 4.69) is 37.7 Å². The standard InChI is InChI=1S/C40H48N8O4/c1-4-5-8-31-26-38(48(45-31)32-13-11-29(2)12-14-32)44-40(50)42-35-15-16-36(34-10-7-6-9-33(34)35)52-28-30-17-18-41-37(25-30)43-39(49)27-47-21-19-46(20-22-47)23-24-51-3/h6-7,9-18,25-26H,4-5,8,19-24,27-28H2,1-3H3,(H,41,43,49)(H2,42,44,50). The number of aryl methyl sites for hydroxylation is 2. The van der Waals surface area contributed by atoms with Gasteiger partial charge in [0.2, 0.25) is 5.91 Å². The first-order valence-electron chi connectivity index (χ1n) is 18.0. The molecule has 3 aromatic carbocycles. The third-order valence-electron chi connectivity index (χ3n) is 9.13. The Morgan fingerprint density at radius 1 is 0.865 bits per heavy atom. The van der Waals surface area contributed by atoms with Gasteiger partial charge in [0.25, 0.3) is 0 Å². The van der Waals surface area contributed by atoms with Crippen molar-refractivity contribution in [1.29, 1.82) is 0 Å². The summed E-state index contributed by atoms with van der Waals surface area (Å²) in [5.74, 6) is 1.67. The molecule has 12 nitrogen and oxygen atoms in total. The van der Waals surface area contributed by atoms with Crippen LogP contribution in [0.1, 0.15) is 36.6 Å². The lowest BCUT2D eigenvalue weighted by Crippen LogP contribution is -2.49. The van der Waals surface area contributed by atoms with Gasteiger partial charge in [-0.2, -0.15) is 5.10 Å². The van der Waals surface area contributed by atoms with Crippen LogP contribution in [0.3, 0.4) is 0 Å². The highest BCUT2D eigenvalue weighted by molar-refractivity contribution is 6.07. The lowest BCUT2D eigenvalue weighted by atomic mass is 10.1. The lowest BCUT2D eigenvalue weighted by Gasteiger charge is -2.34. The molecule has 5 aromatic rings. The smallest absolute Gasteiger partial charge is 0.324 e. The van der Waals surface area contributed by atoms with E-state index < -0.39 is 0 Å². The van der Waals surface area contributed by atoms with Gasteiger partial charge in [-0.15, -0.1) is 0 Å². The van der Waals surface area contributed by atoms with E-state index in [1.807, 2.05) is 85.8 Å². The summed E-state index contributed by atoms with van der Waals surface area (Å²) in [5, 5.41) is 15.5. The van der Waals surface area contributed by atoms with Crippen LogP contribution in [0.5, 0.6) is 5.75 Å². The largest absolute Gasteiger partial charge is 0.488 e. The van der Waals surface area contributed by atoms with Crippen molar-refractivity contribution in [3.8, 4) is 11.4 Å². The lowest BCUT2D eigenvalue weighted by molar-refractivity contribution is -0.117. The second-order valence-electron chi connectivity index (χ2n) is 13.1. The van der Waals surface area contributed by atoms with Crippen molar-refractivity contribution in [2.24, 2.45) is 0 Å². The maximum atomic E-state index is 13.4. The van der Waals surface area contributed by atoms with Gasteiger partial charge in [0, 0.05) is 62.9 Å². The molecular formula is C40H48N8O4. The average Bonchev–Trinajstić information content (AvgIpc) is 3.55. The number of hydrogen-bond acceptors (Lipinski definition) is 8. The van der Waals surface area contributed by atoms with Gasteiger partial charge in [-0.1, -0.05) is 55.3 Å². The van der Waals surface area contributed by atoms with Crippen molar-refractivity contribution in [3.05, 3.63) is 102 Å². The van der Waals surface area contributed by atoms with Gasteiger partial charge in [-0.25, -0.2) is 14.5 Å². The Bertz CT molecular complexity index is 1950. The van der Waals surface area contributed by atoms with Crippen LogP contribution in [0, 0.1) is 6.92 Å². The maximum Gasteiger partial charge on any atom is 0.324 e. The Kier molecular flexibility index (Phi) is 12.5. The molecule has 0 radical (unpaired) electrons. The molecule has 3 heterocycles. The Hall–Kier alpha value is -5.30. The van der Waals surface area contributed by atoms with Gasteiger partial charge in [0.15, 0.2) is 0 Å². The van der Waals surface area contributed by atoms with Crippen LogP contribution in [0.25, 0.3) is 16.5 Å². The van der Waals surface area contributed by atoms with Crippen molar-refractivity contribution < 1.29 is 19.1 Å². The van der Waals surface area contributed by atoms with Gasteiger partial charge < -0.3 is 20.1 Å².